The molecule has 2 aromatic carbocycles. The summed E-state index contributed by atoms with van der Waals surface area (Å²) in [4.78, 5) is 12.5. The monoisotopic (exact) mass is 460 g/mol. The minimum atomic E-state index is -3.55. The molecule has 0 bridgehead atoms. The number of aryl methyl sites for hydroxylation is 1. The molecule has 1 amide bonds. The summed E-state index contributed by atoms with van der Waals surface area (Å²) in [6.45, 7) is 7.05. The maximum absolute atomic E-state index is 12.5. The molecule has 0 saturated heterocycles. The van der Waals surface area contributed by atoms with Crippen molar-refractivity contribution >= 4 is 21.6 Å². The van der Waals surface area contributed by atoms with Gasteiger partial charge >= 0.3 is 0 Å². The van der Waals surface area contributed by atoms with Gasteiger partial charge in [0.2, 0.25) is 10.0 Å². The summed E-state index contributed by atoms with van der Waals surface area (Å²) in [6, 6.07) is 12.5. The lowest BCUT2D eigenvalue weighted by Gasteiger charge is -2.25. The molecule has 0 radical (unpaired) electrons. The van der Waals surface area contributed by atoms with Crippen LogP contribution in [0.1, 0.15) is 61.0 Å². The van der Waals surface area contributed by atoms with Gasteiger partial charge in [-0.15, -0.1) is 0 Å². The van der Waals surface area contributed by atoms with Crippen molar-refractivity contribution in [1.29, 1.82) is 0 Å². The molecule has 0 aromatic heterocycles. The third-order valence-corrected chi connectivity index (χ3v) is 6.77. The summed E-state index contributed by atoms with van der Waals surface area (Å²) in [5.41, 5.74) is 2.78. The minimum Gasteiger partial charge on any atom is -0.495 e. The summed E-state index contributed by atoms with van der Waals surface area (Å²) in [7, 11) is -2.03. The first-order valence-electron chi connectivity index (χ1n) is 11.2. The lowest BCUT2D eigenvalue weighted by atomic mass is 9.99. The van der Waals surface area contributed by atoms with Gasteiger partial charge in [-0.1, -0.05) is 51.3 Å². The minimum absolute atomic E-state index is 0.105. The molecule has 6 nitrogen and oxygen atoms in total. The quantitative estimate of drug-likeness (QED) is 0.488. The number of carbonyl (C=O) groups is 1. The van der Waals surface area contributed by atoms with E-state index in [2.05, 4.69) is 19.2 Å². The van der Waals surface area contributed by atoms with Crippen LogP contribution in [0, 0.1) is 12.8 Å². The molecule has 0 unspecified atom stereocenters. The number of methoxy groups -OCH3 is 1. The maximum atomic E-state index is 12.5. The molecule has 1 N–H and O–H groups in total. The summed E-state index contributed by atoms with van der Waals surface area (Å²) in [5, 5.41) is 3.03. The molecule has 2 aromatic rings. The fraction of sp³-hybridized carbons (Fsp3) is 0.480. The highest BCUT2D eigenvalue weighted by Crippen LogP contribution is 2.32. The van der Waals surface area contributed by atoms with E-state index in [0.717, 1.165) is 30.4 Å². The second-order valence-corrected chi connectivity index (χ2v) is 10.2. The van der Waals surface area contributed by atoms with Gasteiger partial charge < -0.3 is 10.1 Å². The van der Waals surface area contributed by atoms with E-state index in [1.807, 2.05) is 13.0 Å². The zero-order valence-electron chi connectivity index (χ0n) is 19.8. The molecule has 0 spiro atoms. The van der Waals surface area contributed by atoms with Gasteiger partial charge in [-0.05, 0) is 54.7 Å². The van der Waals surface area contributed by atoms with Crippen LogP contribution in [-0.4, -0.2) is 34.2 Å². The Kier molecular flexibility index (Phi) is 9.57. The van der Waals surface area contributed by atoms with Crippen LogP contribution < -0.4 is 14.4 Å². The van der Waals surface area contributed by atoms with E-state index in [-0.39, 0.29) is 12.5 Å². The Labute approximate surface area is 193 Å². The number of nitrogens with one attached hydrogen (secondary N) is 1. The molecule has 0 saturated carbocycles. The van der Waals surface area contributed by atoms with E-state index in [9.17, 15) is 13.2 Å². The van der Waals surface area contributed by atoms with Crippen molar-refractivity contribution in [3.8, 4) is 5.75 Å². The molecular weight excluding hydrogens is 424 g/mol. The lowest BCUT2D eigenvalue weighted by molar-refractivity contribution is 0.0946. The van der Waals surface area contributed by atoms with Crippen molar-refractivity contribution in [2.45, 2.75) is 53.0 Å². The van der Waals surface area contributed by atoms with Gasteiger partial charge in [-0.25, -0.2) is 8.42 Å². The Hall–Kier alpha value is -2.54. The molecule has 0 aliphatic heterocycles. The largest absolute Gasteiger partial charge is 0.495 e. The first-order valence-corrected chi connectivity index (χ1v) is 13.0. The Morgan fingerprint density at radius 1 is 1.12 bits per heavy atom. The third kappa shape index (κ3) is 7.26. The van der Waals surface area contributed by atoms with Crippen LogP contribution in [0.3, 0.4) is 0 Å². The number of anilines is 1. The highest BCUT2D eigenvalue weighted by atomic mass is 32.2. The van der Waals surface area contributed by atoms with Crippen molar-refractivity contribution in [3.63, 3.8) is 0 Å². The van der Waals surface area contributed by atoms with Crippen LogP contribution in [0.15, 0.2) is 42.5 Å². The average molecular weight is 461 g/mol. The topological polar surface area (TPSA) is 75.7 Å². The predicted octanol–water partition coefficient (Wildman–Crippen LogP) is 4.92. The zero-order valence-corrected chi connectivity index (χ0v) is 20.7. The molecule has 0 fully saturated rings. The molecule has 1 atom stereocenters. The van der Waals surface area contributed by atoms with Gasteiger partial charge in [0, 0.05) is 12.1 Å². The number of amides is 1. The van der Waals surface area contributed by atoms with Gasteiger partial charge in [-0.3, -0.25) is 9.10 Å². The van der Waals surface area contributed by atoms with E-state index in [1.54, 1.807) is 36.4 Å². The van der Waals surface area contributed by atoms with Gasteiger partial charge in [0.25, 0.3) is 5.91 Å². The van der Waals surface area contributed by atoms with Crippen molar-refractivity contribution in [2.75, 3.05) is 24.2 Å². The van der Waals surface area contributed by atoms with Gasteiger partial charge in [0.15, 0.2) is 0 Å². The van der Waals surface area contributed by atoms with E-state index >= 15 is 0 Å². The number of hydrogen-bond donors (Lipinski definition) is 1. The van der Waals surface area contributed by atoms with Gasteiger partial charge in [0.05, 0.1) is 25.6 Å². The number of unbranched alkanes of at least 4 members (excludes halogenated alkanes) is 1. The Morgan fingerprint density at radius 3 is 2.38 bits per heavy atom. The van der Waals surface area contributed by atoms with Crippen LogP contribution in [-0.2, 0) is 16.6 Å². The van der Waals surface area contributed by atoms with Crippen molar-refractivity contribution in [2.24, 2.45) is 5.92 Å². The number of benzene rings is 2. The normalized spacial score (nSPS) is 12.3. The van der Waals surface area contributed by atoms with Crippen molar-refractivity contribution in [3.05, 3.63) is 59.2 Å². The molecular formula is C25H36N2O4S. The Bertz CT molecular complexity index is 988. The number of hydrogen-bond acceptors (Lipinski definition) is 4. The zero-order chi connectivity index (χ0) is 23.7. The maximum Gasteiger partial charge on any atom is 0.251 e. The SMILES string of the molecule is CCCC[C@H](CC)CNC(=O)c1ccc(CN(c2cc(C)ccc2OC)S(C)(=O)=O)cc1. The van der Waals surface area contributed by atoms with Crippen LogP contribution in [0.5, 0.6) is 5.75 Å². The Morgan fingerprint density at radius 2 is 1.81 bits per heavy atom. The average Bonchev–Trinajstić information content (AvgIpc) is 2.77. The van der Waals surface area contributed by atoms with Gasteiger partial charge in [0.1, 0.15) is 5.75 Å². The second-order valence-electron chi connectivity index (χ2n) is 8.27. The molecule has 2 rings (SSSR count). The van der Waals surface area contributed by atoms with Crippen LogP contribution in [0.4, 0.5) is 5.69 Å². The fourth-order valence-corrected chi connectivity index (χ4v) is 4.47. The lowest BCUT2D eigenvalue weighted by Crippen LogP contribution is -2.30. The predicted molar refractivity (Wildman–Crippen MR) is 131 cm³/mol. The highest BCUT2D eigenvalue weighted by molar-refractivity contribution is 7.92. The fourth-order valence-electron chi connectivity index (χ4n) is 3.59. The standard InChI is InChI=1S/C25H36N2O4S/c1-6-8-9-20(7-2)17-26-25(28)22-13-11-21(12-14-22)18-27(32(5,29)30)23-16-19(3)10-15-24(23)31-4/h10-16,20H,6-9,17-18H2,1-5H3,(H,26,28)/t20-/m0/s1. The smallest absolute Gasteiger partial charge is 0.251 e. The summed E-state index contributed by atoms with van der Waals surface area (Å²) in [6.07, 6.45) is 5.68. The highest BCUT2D eigenvalue weighted by Gasteiger charge is 2.22. The number of sulfonamides is 1. The number of rotatable bonds is 12. The van der Waals surface area contributed by atoms with Crippen LogP contribution in [0.2, 0.25) is 0 Å². The summed E-state index contributed by atoms with van der Waals surface area (Å²) in [5.74, 6) is 0.878. The van der Waals surface area contributed by atoms with Crippen LogP contribution in [0.25, 0.3) is 0 Å². The van der Waals surface area contributed by atoms with Crippen LogP contribution >= 0.6 is 0 Å². The first-order chi connectivity index (χ1) is 15.2. The molecule has 176 valence electrons. The first kappa shape index (κ1) is 25.7. The van der Waals surface area contributed by atoms with Gasteiger partial charge in [-0.2, -0.15) is 0 Å². The van der Waals surface area contributed by atoms with E-state index in [1.165, 1.54) is 24.1 Å². The van der Waals surface area contributed by atoms with Crippen molar-refractivity contribution < 1.29 is 17.9 Å². The number of ether oxygens (including phenoxy) is 1. The summed E-state index contributed by atoms with van der Waals surface area (Å²) < 4.78 is 31.8. The van der Waals surface area contributed by atoms with Crippen molar-refractivity contribution in [1.82, 2.24) is 5.32 Å². The summed E-state index contributed by atoms with van der Waals surface area (Å²) >= 11 is 0. The molecule has 0 aliphatic rings. The second kappa shape index (κ2) is 11.9. The molecule has 32 heavy (non-hydrogen) atoms. The Balaban J connectivity index is 2.14. The molecule has 7 heteroatoms. The van der Waals surface area contributed by atoms with E-state index in [4.69, 9.17) is 4.74 Å². The molecule has 0 aliphatic carbocycles. The third-order valence-electron chi connectivity index (χ3n) is 5.64. The van der Waals surface area contributed by atoms with E-state index in [0.29, 0.717) is 29.5 Å². The number of nitrogens with zero attached hydrogens (tertiary/aromatic N) is 1. The number of carbonyl (C=O) groups excluding carboxylic acids is 1. The van der Waals surface area contributed by atoms with E-state index < -0.39 is 10.0 Å². The molecule has 0 heterocycles.